The number of aliphatic hydroxyl groups excluding tert-OH is 1. The summed E-state index contributed by atoms with van der Waals surface area (Å²) in [4.78, 5) is 2.63. The Labute approximate surface area is 110 Å². The fourth-order valence-electron chi connectivity index (χ4n) is 3.57. The first-order valence-electron chi connectivity index (χ1n) is 7.28. The van der Waals surface area contributed by atoms with Gasteiger partial charge in [0.05, 0.1) is 0 Å². The van der Waals surface area contributed by atoms with E-state index in [4.69, 9.17) is 0 Å². The highest BCUT2D eigenvalue weighted by Gasteiger charge is 2.28. The number of hydrogen-bond donors (Lipinski definition) is 1. The zero-order valence-electron chi connectivity index (χ0n) is 11.0. The third-order valence-electron chi connectivity index (χ3n) is 4.65. The fourth-order valence-corrected chi connectivity index (χ4v) is 3.57. The van der Waals surface area contributed by atoms with Gasteiger partial charge in [0.25, 0.3) is 0 Å². The van der Waals surface area contributed by atoms with E-state index in [1.807, 2.05) is 0 Å². The van der Waals surface area contributed by atoms with Crippen molar-refractivity contribution in [3.8, 4) is 0 Å². The van der Waals surface area contributed by atoms with Crippen LogP contribution in [0, 0.1) is 5.92 Å². The molecule has 18 heavy (non-hydrogen) atoms. The molecule has 0 amide bonds. The zero-order valence-corrected chi connectivity index (χ0v) is 11.0. The maximum atomic E-state index is 9.34. The molecule has 2 atom stereocenters. The molecular weight excluding hydrogens is 222 g/mol. The van der Waals surface area contributed by atoms with E-state index in [-0.39, 0.29) is 0 Å². The molecule has 1 aromatic carbocycles. The highest BCUT2D eigenvalue weighted by molar-refractivity contribution is 5.30. The quantitative estimate of drug-likeness (QED) is 0.864. The maximum Gasteiger partial charge on any atom is 0.0471 e. The largest absolute Gasteiger partial charge is 0.396 e. The number of fused-ring (bicyclic) bond motifs is 1. The average Bonchev–Trinajstić information content (AvgIpc) is 2.47. The van der Waals surface area contributed by atoms with E-state index >= 15 is 0 Å². The van der Waals surface area contributed by atoms with Crippen LogP contribution in [0.4, 0.5) is 0 Å². The Morgan fingerprint density at radius 3 is 2.83 bits per heavy atom. The number of rotatable bonds is 2. The van der Waals surface area contributed by atoms with Gasteiger partial charge < -0.3 is 5.11 Å². The Morgan fingerprint density at radius 1 is 1.17 bits per heavy atom. The predicted molar refractivity (Wildman–Crippen MR) is 73.6 cm³/mol. The minimum Gasteiger partial charge on any atom is -0.396 e. The number of aliphatic hydroxyl groups is 1. The van der Waals surface area contributed by atoms with Gasteiger partial charge in [-0.3, -0.25) is 4.90 Å². The van der Waals surface area contributed by atoms with Crippen molar-refractivity contribution in [2.24, 2.45) is 5.92 Å². The lowest BCUT2D eigenvalue weighted by atomic mass is 9.86. The molecular formula is C16H23NO. The van der Waals surface area contributed by atoms with Gasteiger partial charge >= 0.3 is 0 Å². The second kappa shape index (κ2) is 5.41. The second-order valence-electron chi connectivity index (χ2n) is 5.85. The van der Waals surface area contributed by atoms with Crippen molar-refractivity contribution in [2.75, 3.05) is 19.7 Å². The van der Waals surface area contributed by atoms with Crippen molar-refractivity contribution in [3.05, 3.63) is 35.4 Å². The van der Waals surface area contributed by atoms with Crippen LogP contribution in [0.3, 0.4) is 0 Å². The van der Waals surface area contributed by atoms with Crippen molar-refractivity contribution in [1.82, 2.24) is 4.90 Å². The molecule has 0 unspecified atom stereocenters. The predicted octanol–water partition coefficient (Wildman–Crippen LogP) is 2.25. The normalized spacial score (nSPS) is 28.9. The molecule has 1 aliphatic heterocycles. The fraction of sp³-hybridized carbons (Fsp3) is 0.625. The molecule has 0 bridgehead atoms. The van der Waals surface area contributed by atoms with E-state index in [0.29, 0.717) is 18.6 Å². The molecule has 2 nitrogen and oxygen atoms in total. The summed E-state index contributed by atoms with van der Waals surface area (Å²) in [6.45, 7) is 2.69. The molecule has 0 saturated carbocycles. The van der Waals surface area contributed by atoms with Crippen molar-refractivity contribution >= 4 is 0 Å². The van der Waals surface area contributed by atoms with E-state index in [1.165, 1.54) is 38.6 Å². The Bertz CT molecular complexity index is 404. The molecule has 1 aromatic rings. The first-order chi connectivity index (χ1) is 8.86. The Balaban J connectivity index is 1.68. The van der Waals surface area contributed by atoms with Crippen LogP contribution in [0.15, 0.2) is 24.3 Å². The molecule has 0 aromatic heterocycles. The lowest BCUT2D eigenvalue weighted by molar-refractivity contribution is 0.0820. The molecule has 0 spiro atoms. The summed E-state index contributed by atoms with van der Waals surface area (Å²) in [7, 11) is 0. The smallest absolute Gasteiger partial charge is 0.0471 e. The van der Waals surface area contributed by atoms with Crippen LogP contribution in [0.1, 0.15) is 30.4 Å². The van der Waals surface area contributed by atoms with Gasteiger partial charge in [-0.25, -0.2) is 0 Å². The summed E-state index contributed by atoms with van der Waals surface area (Å²) < 4.78 is 0. The monoisotopic (exact) mass is 245 g/mol. The number of hydrogen-bond acceptors (Lipinski definition) is 2. The Morgan fingerprint density at radius 2 is 2.00 bits per heavy atom. The minimum atomic E-state index is 0.361. The van der Waals surface area contributed by atoms with E-state index in [9.17, 15) is 5.11 Å². The standard InChI is InChI=1S/C16H23NO/c18-12-13-4-3-9-17(11-13)16-8-7-14-5-1-2-6-15(14)10-16/h1-2,5-6,13,16,18H,3-4,7-12H2/t13-,16-/m1/s1. The number of aryl methyl sites for hydroxylation is 1. The lowest BCUT2D eigenvalue weighted by Gasteiger charge is -2.40. The highest BCUT2D eigenvalue weighted by Crippen LogP contribution is 2.27. The van der Waals surface area contributed by atoms with Gasteiger partial charge in [-0.2, -0.15) is 0 Å². The van der Waals surface area contributed by atoms with E-state index < -0.39 is 0 Å². The van der Waals surface area contributed by atoms with E-state index in [0.717, 1.165) is 6.54 Å². The van der Waals surface area contributed by atoms with Crippen LogP contribution >= 0.6 is 0 Å². The summed E-state index contributed by atoms with van der Waals surface area (Å²) in [5, 5.41) is 9.34. The van der Waals surface area contributed by atoms with Crippen molar-refractivity contribution < 1.29 is 5.11 Å². The first kappa shape index (κ1) is 12.2. The van der Waals surface area contributed by atoms with Crippen LogP contribution < -0.4 is 0 Å². The third-order valence-corrected chi connectivity index (χ3v) is 4.65. The Kier molecular flexibility index (Phi) is 3.67. The van der Waals surface area contributed by atoms with Crippen LogP contribution in [-0.2, 0) is 12.8 Å². The second-order valence-corrected chi connectivity index (χ2v) is 5.85. The first-order valence-corrected chi connectivity index (χ1v) is 7.28. The maximum absolute atomic E-state index is 9.34. The van der Waals surface area contributed by atoms with Gasteiger partial charge in [-0.05, 0) is 55.7 Å². The van der Waals surface area contributed by atoms with E-state index in [2.05, 4.69) is 29.2 Å². The van der Waals surface area contributed by atoms with Crippen LogP contribution in [0.2, 0.25) is 0 Å². The SMILES string of the molecule is OC[C@@H]1CCCN([C@@H]2CCc3ccccc3C2)C1. The van der Waals surface area contributed by atoms with Crippen LogP contribution in [0.5, 0.6) is 0 Å². The topological polar surface area (TPSA) is 23.5 Å². The molecule has 1 aliphatic carbocycles. The summed E-state index contributed by atoms with van der Waals surface area (Å²) in [5.41, 5.74) is 3.09. The van der Waals surface area contributed by atoms with Gasteiger partial charge in [-0.15, -0.1) is 0 Å². The van der Waals surface area contributed by atoms with E-state index in [1.54, 1.807) is 11.1 Å². The molecule has 0 radical (unpaired) electrons. The third kappa shape index (κ3) is 2.45. The molecule has 3 rings (SSSR count). The number of likely N-dealkylation sites (tertiary alicyclic amines) is 1. The Hall–Kier alpha value is -0.860. The summed E-state index contributed by atoms with van der Waals surface area (Å²) in [6, 6.07) is 9.58. The summed E-state index contributed by atoms with van der Waals surface area (Å²) in [6.07, 6.45) is 6.17. The molecule has 98 valence electrons. The minimum absolute atomic E-state index is 0.361. The van der Waals surface area contributed by atoms with Gasteiger partial charge in [0.1, 0.15) is 0 Å². The summed E-state index contributed by atoms with van der Waals surface area (Å²) >= 11 is 0. The van der Waals surface area contributed by atoms with Crippen LogP contribution in [-0.4, -0.2) is 35.7 Å². The molecule has 1 heterocycles. The van der Waals surface area contributed by atoms with Gasteiger partial charge in [-0.1, -0.05) is 24.3 Å². The number of piperidine rings is 1. The summed E-state index contributed by atoms with van der Waals surface area (Å²) in [5.74, 6) is 0.510. The number of nitrogens with zero attached hydrogens (tertiary/aromatic N) is 1. The van der Waals surface area contributed by atoms with Crippen LogP contribution in [0.25, 0.3) is 0 Å². The molecule has 1 N–H and O–H groups in total. The molecule has 1 fully saturated rings. The molecule has 2 aliphatic rings. The van der Waals surface area contributed by atoms with Crippen molar-refractivity contribution in [3.63, 3.8) is 0 Å². The van der Waals surface area contributed by atoms with Crippen molar-refractivity contribution in [2.45, 2.75) is 38.1 Å². The van der Waals surface area contributed by atoms with Gasteiger partial charge in [0, 0.05) is 19.2 Å². The number of benzene rings is 1. The van der Waals surface area contributed by atoms with Gasteiger partial charge in [0.2, 0.25) is 0 Å². The lowest BCUT2D eigenvalue weighted by Crippen LogP contribution is -2.45. The molecule has 2 heteroatoms. The average molecular weight is 245 g/mol. The molecule has 1 saturated heterocycles. The van der Waals surface area contributed by atoms with Crippen molar-refractivity contribution in [1.29, 1.82) is 0 Å². The van der Waals surface area contributed by atoms with Gasteiger partial charge in [0.15, 0.2) is 0 Å². The zero-order chi connectivity index (χ0) is 12.4. The highest BCUT2D eigenvalue weighted by atomic mass is 16.3.